The van der Waals surface area contributed by atoms with Crippen LogP contribution in [-0.4, -0.2) is 6.04 Å². The minimum atomic E-state index is 0.602. The van der Waals surface area contributed by atoms with Gasteiger partial charge in [-0.2, -0.15) is 0 Å². The van der Waals surface area contributed by atoms with Crippen molar-refractivity contribution in [1.82, 2.24) is 0 Å². The molecule has 3 rings (SSSR count). The van der Waals surface area contributed by atoms with Gasteiger partial charge in [0.2, 0.25) is 0 Å². The van der Waals surface area contributed by atoms with Crippen molar-refractivity contribution in [2.45, 2.75) is 53.0 Å². The first-order valence-electron chi connectivity index (χ1n) is 7.98. The van der Waals surface area contributed by atoms with E-state index in [1.807, 2.05) is 0 Å². The van der Waals surface area contributed by atoms with E-state index in [-0.39, 0.29) is 0 Å². The highest BCUT2D eigenvalue weighted by molar-refractivity contribution is 5.55. The minimum absolute atomic E-state index is 0.602. The molecule has 1 heteroatoms. The van der Waals surface area contributed by atoms with E-state index in [1.165, 1.54) is 51.9 Å². The molecule has 1 N–H and O–H groups in total. The summed E-state index contributed by atoms with van der Waals surface area (Å²) >= 11 is 0. The number of hydrogen-bond donors (Lipinski definition) is 1. The summed E-state index contributed by atoms with van der Waals surface area (Å²) in [5.74, 6) is 0. The van der Waals surface area contributed by atoms with Gasteiger partial charge in [-0.25, -0.2) is 0 Å². The maximum atomic E-state index is 3.58. The van der Waals surface area contributed by atoms with Crippen LogP contribution in [0.2, 0.25) is 0 Å². The first kappa shape index (κ1) is 14.2. The van der Waals surface area contributed by atoms with Crippen LogP contribution in [0.4, 0.5) is 5.69 Å². The molecule has 0 aliphatic carbocycles. The summed E-state index contributed by atoms with van der Waals surface area (Å²) in [6.07, 6.45) is 3.47. The first-order chi connectivity index (χ1) is 10.0. The molecule has 1 heterocycles. The SMILES string of the molecule is Cc1cc(C)c(Cc2ccc3c(c2)CCC(C)N3)cc1C. The quantitative estimate of drug-likeness (QED) is 0.820. The Labute approximate surface area is 128 Å². The van der Waals surface area contributed by atoms with Gasteiger partial charge in [0, 0.05) is 11.7 Å². The number of aryl methyl sites for hydroxylation is 4. The zero-order chi connectivity index (χ0) is 15.0. The molecule has 0 spiro atoms. The van der Waals surface area contributed by atoms with Gasteiger partial charge >= 0.3 is 0 Å². The van der Waals surface area contributed by atoms with E-state index in [0.29, 0.717) is 6.04 Å². The Morgan fingerprint density at radius 3 is 2.57 bits per heavy atom. The highest BCUT2D eigenvalue weighted by atomic mass is 14.9. The molecule has 0 radical (unpaired) electrons. The van der Waals surface area contributed by atoms with Crippen molar-refractivity contribution in [2.75, 3.05) is 5.32 Å². The molecule has 0 saturated carbocycles. The Bertz CT molecular complexity index is 670. The fourth-order valence-corrected chi connectivity index (χ4v) is 3.24. The molecule has 2 aromatic carbocycles. The topological polar surface area (TPSA) is 12.0 Å². The number of hydrogen-bond acceptors (Lipinski definition) is 1. The fraction of sp³-hybridized carbons (Fsp3) is 0.400. The molecule has 1 aliphatic rings. The van der Waals surface area contributed by atoms with Crippen molar-refractivity contribution >= 4 is 5.69 Å². The van der Waals surface area contributed by atoms with Crippen LogP contribution in [0.5, 0.6) is 0 Å². The van der Waals surface area contributed by atoms with Crippen molar-refractivity contribution in [1.29, 1.82) is 0 Å². The molecule has 0 amide bonds. The third-order valence-corrected chi connectivity index (χ3v) is 4.77. The Morgan fingerprint density at radius 1 is 1.00 bits per heavy atom. The predicted octanol–water partition coefficient (Wildman–Crippen LogP) is 4.95. The van der Waals surface area contributed by atoms with Crippen molar-refractivity contribution in [3.05, 3.63) is 63.7 Å². The zero-order valence-electron chi connectivity index (χ0n) is 13.6. The van der Waals surface area contributed by atoms with Gasteiger partial charge in [0.1, 0.15) is 0 Å². The lowest BCUT2D eigenvalue weighted by atomic mass is 9.92. The van der Waals surface area contributed by atoms with E-state index in [9.17, 15) is 0 Å². The number of fused-ring (bicyclic) bond motifs is 1. The summed E-state index contributed by atoms with van der Waals surface area (Å²) in [6, 6.07) is 12.2. The molecule has 21 heavy (non-hydrogen) atoms. The Hall–Kier alpha value is -1.76. The van der Waals surface area contributed by atoms with Crippen LogP contribution in [0.15, 0.2) is 30.3 Å². The highest BCUT2D eigenvalue weighted by Crippen LogP contribution is 2.27. The van der Waals surface area contributed by atoms with E-state index >= 15 is 0 Å². The summed E-state index contributed by atoms with van der Waals surface area (Å²) in [6.45, 7) is 8.88. The van der Waals surface area contributed by atoms with Gasteiger partial charge in [-0.05, 0) is 86.4 Å². The summed E-state index contributed by atoms with van der Waals surface area (Å²) < 4.78 is 0. The third kappa shape index (κ3) is 2.97. The minimum Gasteiger partial charge on any atom is -0.382 e. The Morgan fingerprint density at radius 2 is 1.76 bits per heavy atom. The van der Waals surface area contributed by atoms with Crippen LogP contribution in [0.25, 0.3) is 0 Å². The average molecular weight is 279 g/mol. The number of benzene rings is 2. The van der Waals surface area contributed by atoms with Gasteiger partial charge < -0.3 is 5.32 Å². The maximum absolute atomic E-state index is 3.58. The van der Waals surface area contributed by atoms with Crippen LogP contribution in [-0.2, 0) is 12.8 Å². The molecular formula is C20H25N. The largest absolute Gasteiger partial charge is 0.382 e. The first-order valence-corrected chi connectivity index (χ1v) is 7.98. The second-order valence-electron chi connectivity index (χ2n) is 6.62. The third-order valence-electron chi connectivity index (χ3n) is 4.77. The molecule has 110 valence electrons. The fourth-order valence-electron chi connectivity index (χ4n) is 3.24. The maximum Gasteiger partial charge on any atom is 0.0374 e. The van der Waals surface area contributed by atoms with Crippen LogP contribution in [0.1, 0.15) is 46.7 Å². The Balaban J connectivity index is 1.87. The molecule has 2 aromatic rings. The molecule has 1 aliphatic heterocycles. The monoisotopic (exact) mass is 279 g/mol. The molecule has 1 unspecified atom stereocenters. The van der Waals surface area contributed by atoms with E-state index in [1.54, 1.807) is 0 Å². The van der Waals surface area contributed by atoms with Gasteiger partial charge in [-0.3, -0.25) is 0 Å². The molecule has 1 atom stereocenters. The van der Waals surface area contributed by atoms with Crippen LogP contribution >= 0.6 is 0 Å². The lowest BCUT2D eigenvalue weighted by Gasteiger charge is -2.24. The molecule has 1 nitrogen and oxygen atoms in total. The summed E-state index contributed by atoms with van der Waals surface area (Å²) in [7, 11) is 0. The summed E-state index contributed by atoms with van der Waals surface area (Å²) in [4.78, 5) is 0. The zero-order valence-corrected chi connectivity index (χ0v) is 13.6. The van der Waals surface area contributed by atoms with E-state index in [4.69, 9.17) is 0 Å². The number of nitrogens with one attached hydrogen (secondary N) is 1. The lowest BCUT2D eigenvalue weighted by Crippen LogP contribution is -2.21. The van der Waals surface area contributed by atoms with Gasteiger partial charge in [0.25, 0.3) is 0 Å². The van der Waals surface area contributed by atoms with E-state index < -0.39 is 0 Å². The van der Waals surface area contributed by atoms with E-state index in [0.717, 1.165) is 6.42 Å². The molecule has 0 aromatic heterocycles. The van der Waals surface area contributed by atoms with Crippen molar-refractivity contribution < 1.29 is 0 Å². The average Bonchev–Trinajstić information content (AvgIpc) is 2.45. The molecule has 0 saturated heterocycles. The van der Waals surface area contributed by atoms with E-state index in [2.05, 4.69) is 63.3 Å². The normalized spacial score (nSPS) is 17.2. The van der Waals surface area contributed by atoms with Crippen molar-refractivity contribution in [3.8, 4) is 0 Å². The second kappa shape index (κ2) is 5.55. The molecular weight excluding hydrogens is 254 g/mol. The molecule has 0 fully saturated rings. The van der Waals surface area contributed by atoms with Gasteiger partial charge in [-0.1, -0.05) is 24.3 Å². The van der Waals surface area contributed by atoms with Crippen LogP contribution < -0.4 is 5.32 Å². The van der Waals surface area contributed by atoms with Gasteiger partial charge in [-0.15, -0.1) is 0 Å². The van der Waals surface area contributed by atoms with Gasteiger partial charge in [0.15, 0.2) is 0 Å². The Kier molecular flexibility index (Phi) is 3.75. The lowest BCUT2D eigenvalue weighted by molar-refractivity contribution is 0.680. The second-order valence-corrected chi connectivity index (χ2v) is 6.62. The van der Waals surface area contributed by atoms with Gasteiger partial charge in [0.05, 0.1) is 0 Å². The molecule has 0 bridgehead atoms. The standard InChI is InChI=1S/C20H25N/c1-13-9-15(3)19(10-14(13)2)12-17-6-8-20-18(11-17)7-5-16(4)21-20/h6,8-11,16,21H,5,7,12H2,1-4H3. The summed E-state index contributed by atoms with van der Waals surface area (Å²) in [5, 5.41) is 3.58. The predicted molar refractivity (Wildman–Crippen MR) is 91.3 cm³/mol. The smallest absolute Gasteiger partial charge is 0.0374 e. The van der Waals surface area contributed by atoms with Crippen molar-refractivity contribution in [3.63, 3.8) is 0 Å². The highest BCUT2D eigenvalue weighted by Gasteiger charge is 2.14. The van der Waals surface area contributed by atoms with Crippen LogP contribution in [0.3, 0.4) is 0 Å². The number of rotatable bonds is 2. The van der Waals surface area contributed by atoms with Crippen molar-refractivity contribution in [2.24, 2.45) is 0 Å². The van der Waals surface area contributed by atoms with Crippen LogP contribution in [0, 0.1) is 20.8 Å². The number of anilines is 1. The summed E-state index contributed by atoms with van der Waals surface area (Å²) in [5.41, 5.74) is 9.87.